The van der Waals surface area contributed by atoms with Gasteiger partial charge in [-0.15, -0.1) is 0 Å². The first-order valence-electron chi connectivity index (χ1n) is 5.26. The van der Waals surface area contributed by atoms with Gasteiger partial charge in [0, 0.05) is 7.05 Å². The molecule has 1 N–H and O–H groups in total. The summed E-state index contributed by atoms with van der Waals surface area (Å²) in [6, 6.07) is 4.14. The summed E-state index contributed by atoms with van der Waals surface area (Å²) in [5.41, 5.74) is 0.00743. The molecule has 9 heteroatoms. The Bertz CT molecular complexity index is 697. The minimum Gasteiger partial charge on any atom is -0.478 e. The Labute approximate surface area is 120 Å². The summed E-state index contributed by atoms with van der Waals surface area (Å²) < 4.78 is 7.21. The fraction of sp³-hybridized carbons (Fsp3) is 0.0909. The lowest BCUT2D eigenvalue weighted by Gasteiger charge is -2.08. The zero-order valence-corrected chi connectivity index (χ0v) is 11.7. The molecule has 0 radical (unpaired) electrons. The number of aromatic carboxylic acids is 1. The van der Waals surface area contributed by atoms with Crippen molar-refractivity contribution in [2.24, 2.45) is 7.05 Å². The molecule has 0 aliphatic carbocycles. The van der Waals surface area contributed by atoms with E-state index >= 15 is 0 Å². The molecule has 0 fully saturated rings. The van der Waals surface area contributed by atoms with E-state index in [0.717, 1.165) is 0 Å². The predicted octanol–water partition coefficient (Wildman–Crippen LogP) is 2.58. The zero-order chi connectivity index (χ0) is 14.9. The Morgan fingerprint density at radius 2 is 2.25 bits per heavy atom. The summed E-state index contributed by atoms with van der Waals surface area (Å²) in [7, 11) is 1.53. The second-order valence-electron chi connectivity index (χ2n) is 3.79. The van der Waals surface area contributed by atoms with Crippen molar-refractivity contribution < 1.29 is 19.6 Å². The van der Waals surface area contributed by atoms with E-state index in [2.05, 4.69) is 20.9 Å². The highest BCUT2D eigenvalue weighted by Gasteiger charge is 2.23. The molecule has 104 valence electrons. The van der Waals surface area contributed by atoms with Gasteiger partial charge in [0.25, 0.3) is 0 Å². The van der Waals surface area contributed by atoms with E-state index in [4.69, 9.17) is 9.84 Å². The van der Waals surface area contributed by atoms with Crippen LogP contribution < -0.4 is 4.74 Å². The molecule has 0 unspecified atom stereocenters. The molecule has 0 aliphatic rings. The molecular formula is C11H8BrN3O5. The molecule has 8 nitrogen and oxygen atoms in total. The number of benzene rings is 1. The van der Waals surface area contributed by atoms with Gasteiger partial charge in [-0.05, 0) is 44.0 Å². The number of halogens is 1. The van der Waals surface area contributed by atoms with Crippen molar-refractivity contribution >= 4 is 27.7 Å². The highest BCUT2D eigenvalue weighted by molar-refractivity contribution is 9.10. The van der Waals surface area contributed by atoms with Crippen LogP contribution in [0.1, 0.15) is 10.4 Å². The van der Waals surface area contributed by atoms with Crippen molar-refractivity contribution in [1.29, 1.82) is 0 Å². The third-order valence-electron chi connectivity index (χ3n) is 2.42. The first-order valence-corrected chi connectivity index (χ1v) is 6.06. The molecule has 1 aromatic heterocycles. The number of carbonyl (C=O) groups is 1. The van der Waals surface area contributed by atoms with Gasteiger partial charge in [-0.1, -0.05) is 0 Å². The molecule has 0 saturated carbocycles. The number of hydrogen-bond acceptors (Lipinski definition) is 5. The van der Waals surface area contributed by atoms with Crippen LogP contribution in [-0.2, 0) is 7.05 Å². The van der Waals surface area contributed by atoms with Gasteiger partial charge in [-0.3, -0.25) is 4.57 Å². The maximum absolute atomic E-state index is 10.9. The van der Waals surface area contributed by atoms with E-state index in [0.29, 0.717) is 4.47 Å². The van der Waals surface area contributed by atoms with E-state index < -0.39 is 16.7 Å². The Morgan fingerprint density at radius 3 is 2.85 bits per heavy atom. The number of nitro groups is 1. The standard InChI is InChI=1S/C11H8BrN3O5/c1-14-5-13-9(15(18)19)10(14)20-8-4-6(11(16)17)2-3-7(8)12/h2-5H,1H3,(H,16,17). The molecule has 0 aliphatic heterocycles. The van der Waals surface area contributed by atoms with Gasteiger partial charge in [0.05, 0.1) is 10.0 Å². The van der Waals surface area contributed by atoms with E-state index in [9.17, 15) is 14.9 Å². The van der Waals surface area contributed by atoms with Crippen LogP contribution in [-0.4, -0.2) is 25.6 Å². The van der Waals surface area contributed by atoms with Crippen LogP contribution in [0.25, 0.3) is 0 Å². The predicted molar refractivity (Wildman–Crippen MR) is 71.0 cm³/mol. The number of carboxylic acids is 1. The zero-order valence-electron chi connectivity index (χ0n) is 10.1. The van der Waals surface area contributed by atoms with Crippen LogP contribution in [0.15, 0.2) is 29.0 Å². The molecule has 20 heavy (non-hydrogen) atoms. The van der Waals surface area contributed by atoms with Gasteiger partial charge >= 0.3 is 17.7 Å². The highest BCUT2D eigenvalue weighted by Crippen LogP contribution is 2.34. The van der Waals surface area contributed by atoms with Crippen molar-refractivity contribution in [2.45, 2.75) is 0 Å². The monoisotopic (exact) mass is 341 g/mol. The molecule has 0 amide bonds. The molecule has 0 spiro atoms. The summed E-state index contributed by atoms with van der Waals surface area (Å²) in [6.45, 7) is 0. The van der Waals surface area contributed by atoms with Crippen LogP contribution in [0.2, 0.25) is 0 Å². The van der Waals surface area contributed by atoms with E-state index in [1.165, 1.54) is 36.1 Å². The number of carboxylic acid groups (broad SMARTS) is 1. The normalized spacial score (nSPS) is 10.3. The number of ether oxygens (including phenoxy) is 1. The lowest BCUT2D eigenvalue weighted by Crippen LogP contribution is -2.00. The number of hydrogen-bond donors (Lipinski definition) is 1. The van der Waals surface area contributed by atoms with Crippen molar-refractivity contribution in [2.75, 3.05) is 0 Å². The Kier molecular flexibility index (Phi) is 3.70. The summed E-state index contributed by atoms with van der Waals surface area (Å²) in [6.07, 6.45) is 1.24. The van der Waals surface area contributed by atoms with Gasteiger partial charge in [-0.2, -0.15) is 0 Å². The first-order chi connectivity index (χ1) is 9.40. The van der Waals surface area contributed by atoms with Crippen LogP contribution in [0.4, 0.5) is 5.82 Å². The summed E-state index contributed by atoms with van der Waals surface area (Å²) in [5.74, 6) is -1.50. The maximum Gasteiger partial charge on any atom is 0.427 e. The quantitative estimate of drug-likeness (QED) is 0.676. The maximum atomic E-state index is 10.9. The fourth-order valence-electron chi connectivity index (χ4n) is 1.47. The van der Waals surface area contributed by atoms with Gasteiger partial charge in [0.1, 0.15) is 5.75 Å². The van der Waals surface area contributed by atoms with Gasteiger partial charge < -0.3 is 20.0 Å². The molecule has 1 heterocycles. The van der Waals surface area contributed by atoms with E-state index in [1.807, 2.05) is 0 Å². The topological polar surface area (TPSA) is 107 Å². The van der Waals surface area contributed by atoms with Crippen molar-refractivity contribution in [3.8, 4) is 11.6 Å². The van der Waals surface area contributed by atoms with Crippen molar-refractivity contribution in [3.63, 3.8) is 0 Å². The van der Waals surface area contributed by atoms with E-state index in [-0.39, 0.29) is 17.2 Å². The molecule has 0 bridgehead atoms. The van der Waals surface area contributed by atoms with Gasteiger partial charge in [-0.25, -0.2) is 4.79 Å². The molecule has 2 aromatic rings. The van der Waals surface area contributed by atoms with Crippen molar-refractivity contribution in [3.05, 3.63) is 44.7 Å². The minimum atomic E-state index is -1.12. The average molecular weight is 342 g/mol. The number of imidazole rings is 1. The SMILES string of the molecule is Cn1cnc([N+](=O)[O-])c1Oc1cc(C(=O)O)ccc1Br. The van der Waals surface area contributed by atoms with Gasteiger partial charge in [0.2, 0.25) is 6.33 Å². The Hall–Kier alpha value is -2.42. The third-order valence-corrected chi connectivity index (χ3v) is 3.08. The summed E-state index contributed by atoms with van der Waals surface area (Å²) in [4.78, 5) is 24.7. The molecule has 0 atom stereocenters. The van der Waals surface area contributed by atoms with Gasteiger partial charge in [0.15, 0.2) is 0 Å². The molecule has 2 rings (SSSR count). The fourth-order valence-corrected chi connectivity index (χ4v) is 1.80. The van der Waals surface area contributed by atoms with E-state index in [1.54, 1.807) is 0 Å². The first kappa shape index (κ1) is 14.0. The molecular weight excluding hydrogens is 334 g/mol. The number of nitrogens with zero attached hydrogens (tertiary/aromatic N) is 3. The third kappa shape index (κ3) is 2.62. The lowest BCUT2D eigenvalue weighted by molar-refractivity contribution is -0.390. The summed E-state index contributed by atoms with van der Waals surface area (Å²) >= 11 is 3.19. The molecule has 0 saturated heterocycles. The minimum absolute atomic E-state index is 0.00743. The number of aromatic nitrogens is 2. The average Bonchev–Trinajstić information content (AvgIpc) is 2.73. The molecule has 1 aromatic carbocycles. The largest absolute Gasteiger partial charge is 0.478 e. The Balaban J connectivity index is 2.44. The second-order valence-corrected chi connectivity index (χ2v) is 4.65. The highest BCUT2D eigenvalue weighted by atomic mass is 79.9. The lowest BCUT2D eigenvalue weighted by atomic mass is 10.2. The van der Waals surface area contributed by atoms with Crippen molar-refractivity contribution in [1.82, 2.24) is 9.55 Å². The summed E-state index contributed by atoms with van der Waals surface area (Å²) in [5, 5.41) is 19.8. The number of rotatable bonds is 4. The second kappa shape index (κ2) is 5.29. The van der Waals surface area contributed by atoms with Crippen LogP contribution in [0.3, 0.4) is 0 Å². The Morgan fingerprint density at radius 1 is 1.55 bits per heavy atom. The van der Waals surface area contributed by atoms with Crippen LogP contribution in [0.5, 0.6) is 11.6 Å². The van der Waals surface area contributed by atoms with Crippen LogP contribution in [0, 0.1) is 10.1 Å². The smallest absolute Gasteiger partial charge is 0.427 e. The van der Waals surface area contributed by atoms with Crippen LogP contribution >= 0.6 is 15.9 Å². The number of aryl methyl sites for hydroxylation is 1.